The van der Waals surface area contributed by atoms with E-state index in [1.165, 1.54) is 0 Å². The van der Waals surface area contributed by atoms with E-state index in [1.54, 1.807) is 24.3 Å². The molecular formula is C65H78Cl4N6O9. The van der Waals surface area contributed by atoms with Gasteiger partial charge in [-0.25, -0.2) is 19.6 Å². The number of aliphatic hydroxyl groups is 1. The highest BCUT2D eigenvalue weighted by Crippen LogP contribution is 2.40. The van der Waals surface area contributed by atoms with Gasteiger partial charge in [-0.05, 0) is 176 Å². The number of aryl methyl sites for hydroxylation is 2. The molecule has 2 aliphatic rings. The first-order valence-corrected chi connectivity index (χ1v) is 29.4. The Morgan fingerprint density at radius 1 is 0.607 bits per heavy atom. The van der Waals surface area contributed by atoms with Gasteiger partial charge in [0.05, 0.1) is 40.8 Å². The monoisotopic (exact) mass is 1230 g/mol. The number of ether oxygens (including phenoxy) is 3. The molecule has 84 heavy (non-hydrogen) atoms. The summed E-state index contributed by atoms with van der Waals surface area (Å²) in [5.41, 5.74) is 4.52. The quantitative estimate of drug-likeness (QED) is 0.0331. The highest BCUT2D eigenvalue weighted by atomic mass is 35.5. The number of carboxylic acid groups (broad SMARTS) is 1. The molecule has 2 fully saturated rings. The third-order valence-electron chi connectivity index (χ3n) is 16.2. The average molecular weight is 1230 g/mol. The van der Waals surface area contributed by atoms with E-state index in [0.29, 0.717) is 57.3 Å². The normalized spacial score (nSPS) is 18.5. The van der Waals surface area contributed by atoms with Crippen LogP contribution in [0.1, 0.15) is 117 Å². The number of nitrogens with zero attached hydrogens (tertiary/aromatic N) is 4. The molecule has 2 aliphatic carbocycles. The fourth-order valence-electron chi connectivity index (χ4n) is 10.9. The second-order valence-corrected chi connectivity index (χ2v) is 22.5. The van der Waals surface area contributed by atoms with Crippen LogP contribution in [0.5, 0.6) is 11.5 Å². The van der Waals surface area contributed by atoms with E-state index in [9.17, 15) is 29.4 Å². The molecule has 2 aromatic heterocycles. The molecule has 0 unspecified atom stereocenters. The zero-order valence-electron chi connectivity index (χ0n) is 48.7. The summed E-state index contributed by atoms with van der Waals surface area (Å²) in [7, 11) is 2.05. The first-order valence-electron chi connectivity index (χ1n) is 28.6. The smallest absolute Gasteiger partial charge is 0.332 e. The number of esters is 1. The van der Waals surface area contributed by atoms with Crippen LogP contribution in [0, 0.1) is 13.8 Å². The Balaban J connectivity index is 0.00000566. The van der Waals surface area contributed by atoms with Crippen molar-refractivity contribution in [1.29, 1.82) is 0 Å². The zero-order chi connectivity index (χ0) is 58.6. The molecule has 4 N–H and O–H groups in total. The Morgan fingerprint density at radius 2 is 1.06 bits per heavy atom. The molecule has 0 saturated heterocycles. The number of halogens is 4. The largest absolute Gasteiger partial charge is 0.492 e. The van der Waals surface area contributed by atoms with Gasteiger partial charge in [0, 0.05) is 35.3 Å². The lowest BCUT2D eigenvalue weighted by Crippen LogP contribution is -2.59. The van der Waals surface area contributed by atoms with Crippen LogP contribution >= 0.6 is 48.0 Å². The topological polar surface area (TPSA) is 193 Å². The van der Waals surface area contributed by atoms with E-state index >= 15 is 0 Å². The summed E-state index contributed by atoms with van der Waals surface area (Å²) < 4.78 is 18.6. The van der Waals surface area contributed by atoms with Gasteiger partial charge < -0.3 is 44.9 Å². The summed E-state index contributed by atoms with van der Waals surface area (Å²) in [5.74, 6) is -2.24. The Morgan fingerprint density at radius 3 is 1.51 bits per heavy atom. The molecule has 450 valence electrons. The summed E-state index contributed by atoms with van der Waals surface area (Å²) in [6.07, 6.45) is 0.925. The summed E-state index contributed by atoms with van der Waals surface area (Å²) in [4.78, 5) is 71.1. The fourth-order valence-corrected chi connectivity index (χ4v) is 11.2. The Labute approximate surface area is 516 Å². The van der Waals surface area contributed by atoms with Crippen LogP contribution in [0.15, 0.2) is 109 Å². The zero-order valence-corrected chi connectivity index (χ0v) is 51.8. The SMILES string of the molecule is CCN(C)CCCOc1cc(-c2nc(C(=O)NC3(C(=O)O)CCC(OC(=O)C4(NC(=O)c5ccc(-c6ccccc6C)c(-c6ccc(Cl)c(OCCCN(CC)CC)c6)n5)CCC(O)CC4)CC3)ccc2-c2ccccc2C)ccc1Cl.Cl.Cl. The molecular weight excluding hydrogens is 1150 g/mol. The second kappa shape index (κ2) is 30.7. The number of hydrogen-bond donors (Lipinski definition) is 4. The molecule has 0 bridgehead atoms. The van der Waals surface area contributed by atoms with E-state index in [4.69, 9.17) is 47.4 Å². The van der Waals surface area contributed by atoms with Crippen molar-refractivity contribution in [3.63, 3.8) is 0 Å². The van der Waals surface area contributed by atoms with Crippen molar-refractivity contribution < 1.29 is 43.6 Å². The maximum absolute atomic E-state index is 14.6. The highest BCUT2D eigenvalue weighted by molar-refractivity contribution is 6.32. The number of aliphatic carboxylic acids is 1. The van der Waals surface area contributed by atoms with Gasteiger partial charge in [-0.15, -0.1) is 24.8 Å². The van der Waals surface area contributed by atoms with E-state index in [-0.39, 0.29) is 87.6 Å². The summed E-state index contributed by atoms with van der Waals surface area (Å²) in [6, 6.07) is 33.4. The molecule has 15 nitrogen and oxygen atoms in total. The van der Waals surface area contributed by atoms with Crippen LogP contribution in [0.25, 0.3) is 44.8 Å². The Hall–Kier alpha value is -6.30. The number of aliphatic hydroxyl groups excluding tert-OH is 1. The number of aromatic nitrogens is 2. The minimum atomic E-state index is -1.71. The third-order valence-corrected chi connectivity index (χ3v) is 16.8. The van der Waals surface area contributed by atoms with E-state index < -0.39 is 47.0 Å². The lowest BCUT2D eigenvalue weighted by atomic mass is 9.78. The minimum Gasteiger partial charge on any atom is -0.492 e. The molecule has 0 radical (unpaired) electrons. The van der Waals surface area contributed by atoms with Crippen LogP contribution in [0.4, 0.5) is 0 Å². The number of rotatable bonds is 24. The molecule has 0 aliphatic heterocycles. The van der Waals surface area contributed by atoms with Gasteiger partial charge in [0.1, 0.15) is 40.1 Å². The van der Waals surface area contributed by atoms with Crippen LogP contribution in [-0.4, -0.2) is 130 Å². The lowest BCUT2D eigenvalue weighted by molar-refractivity contribution is -0.162. The standard InChI is InChI=1S/C65H76Cl2N6O9.2ClH/c1-7-72(6)36-14-38-80-56-40-44(20-24-52(56)66)58-50(48-18-12-10-16-42(48)4)22-26-54(68-58)60(75)70-64(62(77)78)34-30-47(31-35-64)82-63(79)65(32-28-46(74)29-33-65)71-61(76)55-27-23-51(49-19-13-11-17-43(49)5)59(69-55)45-21-25-53(67)57(41-45)81-39-15-37-73(8-2)9-3;;/h10-13,16-27,40-41,46-47,74H,7-9,14-15,28-39H2,1-6H3,(H,70,75)(H,71,76)(H,77,78);2*1H. The number of carbonyl (C=O) groups excluding carboxylic acids is 3. The van der Waals surface area contributed by atoms with Gasteiger partial charge in [0.25, 0.3) is 11.8 Å². The molecule has 2 saturated carbocycles. The number of carbonyl (C=O) groups is 4. The number of carboxylic acids is 1. The van der Waals surface area contributed by atoms with Gasteiger partial charge in [0.2, 0.25) is 0 Å². The first kappa shape index (κ1) is 66.8. The van der Waals surface area contributed by atoms with Crippen molar-refractivity contribution in [2.24, 2.45) is 0 Å². The minimum absolute atomic E-state index is 0. The molecule has 4 aromatic carbocycles. The number of nitrogens with one attached hydrogen (secondary N) is 2. The average Bonchev–Trinajstić information content (AvgIpc) is 1.96. The molecule has 6 aromatic rings. The van der Waals surface area contributed by atoms with Crippen molar-refractivity contribution in [1.82, 2.24) is 30.4 Å². The van der Waals surface area contributed by atoms with Crippen molar-refractivity contribution in [3.8, 4) is 56.3 Å². The van der Waals surface area contributed by atoms with Crippen LogP contribution in [-0.2, 0) is 14.3 Å². The summed E-state index contributed by atoms with van der Waals surface area (Å²) >= 11 is 13.3. The van der Waals surface area contributed by atoms with Crippen LogP contribution < -0.4 is 20.1 Å². The van der Waals surface area contributed by atoms with E-state index in [2.05, 4.69) is 41.2 Å². The van der Waals surface area contributed by atoms with Crippen LogP contribution in [0.3, 0.4) is 0 Å². The Kier molecular flexibility index (Phi) is 24.4. The number of amides is 2. The van der Waals surface area contributed by atoms with E-state index in [1.807, 2.05) is 106 Å². The molecule has 2 amide bonds. The first-order chi connectivity index (χ1) is 39.5. The third kappa shape index (κ3) is 16.2. The van der Waals surface area contributed by atoms with Gasteiger partial charge in [0.15, 0.2) is 0 Å². The van der Waals surface area contributed by atoms with Crippen molar-refractivity contribution in [3.05, 3.63) is 142 Å². The van der Waals surface area contributed by atoms with Gasteiger partial charge in [-0.2, -0.15) is 0 Å². The number of pyridine rings is 2. The number of hydrogen-bond acceptors (Lipinski definition) is 12. The van der Waals surface area contributed by atoms with Crippen molar-refractivity contribution in [2.45, 2.75) is 122 Å². The highest BCUT2D eigenvalue weighted by Gasteiger charge is 2.48. The predicted molar refractivity (Wildman–Crippen MR) is 336 cm³/mol. The Bertz CT molecular complexity index is 3240. The molecule has 19 heteroatoms. The van der Waals surface area contributed by atoms with E-state index in [0.717, 1.165) is 78.9 Å². The molecule has 2 heterocycles. The fraction of sp³-hybridized carbons (Fsp3) is 0.415. The maximum atomic E-state index is 14.6. The summed E-state index contributed by atoms with van der Waals surface area (Å²) in [6.45, 7) is 15.8. The molecule has 0 spiro atoms. The second-order valence-electron chi connectivity index (χ2n) is 21.6. The predicted octanol–water partition coefficient (Wildman–Crippen LogP) is 12.9. The summed E-state index contributed by atoms with van der Waals surface area (Å²) in [5, 5.41) is 28.2. The van der Waals surface area contributed by atoms with Crippen molar-refractivity contribution in [2.75, 3.05) is 53.0 Å². The lowest BCUT2D eigenvalue weighted by Gasteiger charge is -2.40. The number of benzene rings is 4. The van der Waals surface area contributed by atoms with Crippen LogP contribution in [0.2, 0.25) is 10.0 Å². The van der Waals surface area contributed by atoms with Crippen molar-refractivity contribution >= 4 is 71.8 Å². The van der Waals surface area contributed by atoms with Gasteiger partial charge >= 0.3 is 11.9 Å². The molecule has 8 rings (SSSR count). The van der Waals surface area contributed by atoms with Gasteiger partial charge in [-0.3, -0.25) is 9.59 Å². The molecule has 0 atom stereocenters. The van der Waals surface area contributed by atoms with Gasteiger partial charge in [-0.1, -0.05) is 105 Å². The maximum Gasteiger partial charge on any atom is 0.332 e.